The van der Waals surface area contributed by atoms with Crippen LogP contribution >= 0.6 is 0 Å². The minimum atomic E-state index is -0.219. The van der Waals surface area contributed by atoms with Gasteiger partial charge in [0.15, 0.2) is 0 Å². The zero-order valence-electron chi connectivity index (χ0n) is 17.0. The predicted octanol–water partition coefficient (Wildman–Crippen LogP) is 4.29. The topological polar surface area (TPSA) is 71.9 Å². The molecule has 1 atom stereocenters. The van der Waals surface area contributed by atoms with Crippen LogP contribution < -0.4 is 5.32 Å². The van der Waals surface area contributed by atoms with Crippen molar-refractivity contribution < 1.29 is 9.53 Å². The van der Waals surface area contributed by atoms with Crippen molar-refractivity contribution >= 4 is 27.8 Å². The van der Waals surface area contributed by atoms with E-state index >= 15 is 0 Å². The number of hydrogen-bond acceptors (Lipinski definition) is 3. The Balaban J connectivity index is 1.67. The maximum Gasteiger partial charge on any atom is 0.268 e. The van der Waals surface area contributed by atoms with Crippen LogP contribution in [0.25, 0.3) is 21.9 Å². The molecule has 4 aromatic rings. The van der Waals surface area contributed by atoms with Gasteiger partial charge in [0.05, 0.1) is 23.7 Å². The Morgan fingerprint density at radius 3 is 2.69 bits per heavy atom. The monoisotopic (exact) mass is 390 g/mol. The van der Waals surface area contributed by atoms with Crippen LogP contribution in [0.3, 0.4) is 0 Å². The fourth-order valence-electron chi connectivity index (χ4n) is 3.71. The van der Waals surface area contributed by atoms with Crippen molar-refractivity contribution in [2.24, 2.45) is 5.92 Å². The van der Waals surface area contributed by atoms with Gasteiger partial charge in [-0.1, -0.05) is 44.2 Å². The van der Waals surface area contributed by atoms with Crippen LogP contribution in [-0.4, -0.2) is 34.2 Å². The van der Waals surface area contributed by atoms with E-state index in [0.29, 0.717) is 18.8 Å². The molecule has 0 saturated heterocycles. The fraction of sp³-hybridized carbons (Fsp3) is 0.304. The molecule has 2 heterocycles. The Morgan fingerprint density at radius 2 is 1.93 bits per heavy atom. The molecular formula is C23H26N4O2. The molecule has 6 nitrogen and oxygen atoms in total. The normalized spacial score (nSPS) is 12.7. The maximum absolute atomic E-state index is 13.3. The standard InChI is InChI=1S/C23H26N4O2/c1-15(2)21(22-24-17-9-5-6-10-18(17)25-22)26-23(28)20-14-16-8-4-7-11-19(16)27(20)12-13-29-3/h4-11,14-15,21H,12-13H2,1-3H3,(H,24,25)(H,26,28). The number of methoxy groups -OCH3 is 1. The van der Waals surface area contributed by atoms with E-state index in [4.69, 9.17) is 9.72 Å². The summed E-state index contributed by atoms with van der Waals surface area (Å²) >= 11 is 0. The Hall–Kier alpha value is -3.12. The molecule has 150 valence electrons. The average Bonchev–Trinajstić information content (AvgIpc) is 3.31. The van der Waals surface area contributed by atoms with Crippen molar-refractivity contribution in [3.63, 3.8) is 0 Å². The van der Waals surface area contributed by atoms with E-state index in [1.165, 1.54) is 0 Å². The fourth-order valence-corrected chi connectivity index (χ4v) is 3.71. The first-order valence-corrected chi connectivity index (χ1v) is 9.91. The first-order chi connectivity index (χ1) is 14.1. The molecule has 4 rings (SSSR count). The second-order valence-electron chi connectivity index (χ2n) is 7.57. The van der Waals surface area contributed by atoms with E-state index in [1.54, 1.807) is 7.11 Å². The number of rotatable bonds is 7. The van der Waals surface area contributed by atoms with Crippen molar-refractivity contribution in [3.8, 4) is 0 Å². The van der Waals surface area contributed by atoms with Crippen molar-refractivity contribution in [1.29, 1.82) is 0 Å². The molecule has 0 aliphatic heterocycles. The summed E-state index contributed by atoms with van der Waals surface area (Å²) < 4.78 is 7.27. The highest BCUT2D eigenvalue weighted by atomic mass is 16.5. The van der Waals surface area contributed by atoms with Crippen molar-refractivity contribution in [2.75, 3.05) is 13.7 Å². The van der Waals surface area contributed by atoms with Gasteiger partial charge in [0.2, 0.25) is 0 Å². The molecule has 0 radical (unpaired) electrons. The molecule has 0 fully saturated rings. The van der Waals surface area contributed by atoms with Crippen LogP contribution in [0, 0.1) is 5.92 Å². The Bertz CT molecular complexity index is 1110. The predicted molar refractivity (Wildman–Crippen MR) is 115 cm³/mol. The first-order valence-electron chi connectivity index (χ1n) is 9.91. The lowest BCUT2D eigenvalue weighted by Gasteiger charge is -2.21. The SMILES string of the molecule is COCCn1c(C(=O)NC(c2nc3ccccc3[nH]2)C(C)C)cc2ccccc21. The van der Waals surface area contributed by atoms with Crippen LogP contribution in [0.15, 0.2) is 54.6 Å². The molecule has 6 heteroatoms. The molecule has 0 saturated carbocycles. The van der Waals surface area contributed by atoms with Gasteiger partial charge in [0.1, 0.15) is 11.5 Å². The highest BCUT2D eigenvalue weighted by molar-refractivity contribution is 5.99. The van der Waals surface area contributed by atoms with Gasteiger partial charge < -0.3 is 19.6 Å². The quantitative estimate of drug-likeness (QED) is 0.494. The van der Waals surface area contributed by atoms with E-state index < -0.39 is 0 Å². The van der Waals surface area contributed by atoms with Crippen LogP contribution in [0.1, 0.15) is 36.2 Å². The lowest BCUT2D eigenvalue weighted by molar-refractivity contribution is 0.0912. The number of amides is 1. The van der Waals surface area contributed by atoms with E-state index in [0.717, 1.165) is 27.8 Å². The summed E-state index contributed by atoms with van der Waals surface area (Å²) in [6.45, 7) is 5.32. The van der Waals surface area contributed by atoms with Crippen molar-refractivity contribution in [2.45, 2.75) is 26.4 Å². The molecule has 0 bridgehead atoms. The Morgan fingerprint density at radius 1 is 1.17 bits per heavy atom. The van der Waals surface area contributed by atoms with Gasteiger partial charge in [0, 0.05) is 24.6 Å². The van der Waals surface area contributed by atoms with Gasteiger partial charge in [-0.05, 0) is 30.2 Å². The number of benzene rings is 2. The number of aromatic amines is 1. The zero-order chi connectivity index (χ0) is 20.4. The molecule has 0 spiro atoms. The third-order valence-electron chi connectivity index (χ3n) is 5.22. The Labute approximate surface area is 169 Å². The second kappa shape index (κ2) is 8.09. The van der Waals surface area contributed by atoms with E-state index in [9.17, 15) is 4.79 Å². The number of carbonyl (C=O) groups excluding carboxylic acids is 1. The summed E-state index contributed by atoms with van der Waals surface area (Å²) in [6.07, 6.45) is 0. The molecule has 0 aliphatic carbocycles. The third kappa shape index (κ3) is 3.76. The molecule has 29 heavy (non-hydrogen) atoms. The molecule has 2 aromatic heterocycles. The number of fused-ring (bicyclic) bond motifs is 2. The Kier molecular flexibility index (Phi) is 5.36. The van der Waals surface area contributed by atoms with E-state index in [1.807, 2.05) is 59.2 Å². The number of hydrogen-bond donors (Lipinski definition) is 2. The zero-order valence-corrected chi connectivity index (χ0v) is 17.0. The average molecular weight is 390 g/mol. The summed E-state index contributed by atoms with van der Waals surface area (Å²) in [5.41, 5.74) is 3.53. The molecular weight excluding hydrogens is 364 g/mol. The summed E-state index contributed by atoms with van der Waals surface area (Å²) in [5.74, 6) is 0.835. The smallest absolute Gasteiger partial charge is 0.268 e. The van der Waals surface area contributed by atoms with Crippen LogP contribution in [0.5, 0.6) is 0 Å². The summed E-state index contributed by atoms with van der Waals surface area (Å²) in [6, 6.07) is 17.6. The molecule has 2 aromatic carbocycles. The van der Waals surface area contributed by atoms with Gasteiger partial charge >= 0.3 is 0 Å². The molecule has 2 N–H and O–H groups in total. The van der Waals surface area contributed by atoms with Crippen molar-refractivity contribution in [1.82, 2.24) is 19.9 Å². The van der Waals surface area contributed by atoms with Crippen LogP contribution in [0.2, 0.25) is 0 Å². The van der Waals surface area contributed by atoms with E-state index in [-0.39, 0.29) is 17.9 Å². The first kappa shape index (κ1) is 19.2. The van der Waals surface area contributed by atoms with Gasteiger partial charge in [-0.2, -0.15) is 0 Å². The number of nitrogens with zero attached hydrogens (tertiary/aromatic N) is 2. The number of carbonyl (C=O) groups is 1. The van der Waals surface area contributed by atoms with Gasteiger partial charge in [0.25, 0.3) is 5.91 Å². The molecule has 1 unspecified atom stereocenters. The highest BCUT2D eigenvalue weighted by Gasteiger charge is 2.24. The number of para-hydroxylation sites is 3. The van der Waals surface area contributed by atoms with E-state index in [2.05, 4.69) is 24.1 Å². The lowest BCUT2D eigenvalue weighted by atomic mass is 10.0. The summed E-state index contributed by atoms with van der Waals surface area (Å²) in [7, 11) is 1.67. The molecule has 0 aliphatic rings. The maximum atomic E-state index is 13.3. The van der Waals surface area contributed by atoms with Gasteiger partial charge in [-0.15, -0.1) is 0 Å². The third-order valence-corrected chi connectivity index (χ3v) is 5.22. The number of ether oxygens (including phenoxy) is 1. The van der Waals surface area contributed by atoms with Crippen molar-refractivity contribution in [3.05, 3.63) is 66.1 Å². The number of H-pyrrole nitrogens is 1. The largest absolute Gasteiger partial charge is 0.383 e. The lowest BCUT2D eigenvalue weighted by Crippen LogP contribution is -2.34. The minimum Gasteiger partial charge on any atom is -0.383 e. The minimum absolute atomic E-state index is 0.114. The number of aromatic nitrogens is 3. The van der Waals surface area contributed by atoms with Gasteiger partial charge in [-0.3, -0.25) is 4.79 Å². The number of nitrogens with one attached hydrogen (secondary N) is 2. The second-order valence-corrected chi connectivity index (χ2v) is 7.57. The number of imidazole rings is 1. The highest BCUT2D eigenvalue weighted by Crippen LogP contribution is 2.24. The van der Waals surface area contributed by atoms with Crippen LogP contribution in [0.4, 0.5) is 0 Å². The van der Waals surface area contributed by atoms with Crippen LogP contribution in [-0.2, 0) is 11.3 Å². The summed E-state index contributed by atoms with van der Waals surface area (Å²) in [4.78, 5) is 21.3. The molecule has 1 amide bonds. The summed E-state index contributed by atoms with van der Waals surface area (Å²) in [5, 5.41) is 4.23. The van der Waals surface area contributed by atoms with Gasteiger partial charge in [-0.25, -0.2) is 4.98 Å².